The molecule has 32 heavy (non-hydrogen) atoms. The molecule has 8 nitrogen and oxygen atoms in total. The van der Waals surface area contributed by atoms with Crippen molar-refractivity contribution < 1.29 is 24.2 Å². The number of amides is 3. The van der Waals surface area contributed by atoms with Gasteiger partial charge in [-0.1, -0.05) is 12.1 Å². The summed E-state index contributed by atoms with van der Waals surface area (Å²) in [5.41, 5.74) is 3.53. The lowest BCUT2D eigenvalue weighted by atomic mass is 10.1. The largest absolute Gasteiger partial charge is 0.484 e. The molecule has 1 saturated heterocycles. The van der Waals surface area contributed by atoms with E-state index in [2.05, 4.69) is 10.6 Å². The minimum Gasteiger partial charge on any atom is -0.484 e. The van der Waals surface area contributed by atoms with E-state index < -0.39 is 12.0 Å². The van der Waals surface area contributed by atoms with Gasteiger partial charge in [0.05, 0.1) is 12.0 Å². The first-order valence-corrected chi connectivity index (χ1v) is 10.6. The fourth-order valence-electron chi connectivity index (χ4n) is 3.47. The van der Waals surface area contributed by atoms with Crippen molar-refractivity contribution in [1.29, 1.82) is 0 Å². The average molecular weight is 440 g/mol. The molecule has 170 valence electrons. The third-order valence-corrected chi connectivity index (χ3v) is 5.46. The second-order valence-electron chi connectivity index (χ2n) is 8.08. The number of aryl methyl sites for hydroxylation is 1. The molecule has 2 aromatic carbocycles. The summed E-state index contributed by atoms with van der Waals surface area (Å²) in [6, 6.07) is 12.6. The maximum Gasteiger partial charge on any atom is 0.262 e. The summed E-state index contributed by atoms with van der Waals surface area (Å²) in [7, 11) is 0. The minimum absolute atomic E-state index is 0.127. The van der Waals surface area contributed by atoms with Crippen molar-refractivity contribution in [3.63, 3.8) is 0 Å². The van der Waals surface area contributed by atoms with Crippen LogP contribution in [0.4, 0.5) is 11.4 Å². The molecule has 2 atom stereocenters. The first kappa shape index (κ1) is 23.3. The first-order chi connectivity index (χ1) is 15.2. The zero-order chi connectivity index (χ0) is 23.3. The molecule has 0 spiro atoms. The molecule has 0 unspecified atom stereocenters. The van der Waals surface area contributed by atoms with Crippen LogP contribution in [0.3, 0.4) is 0 Å². The van der Waals surface area contributed by atoms with Gasteiger partial charge in [-0.25, -0.2) is 0 Å². The van der Waals surface area contributed by atoms with Crippen molar-refractivity contribution in [2.45, 2.75) is 33.3 Å². The summed E-state index contributed by atoms with van der Waals surface area (Å²) in [5.74, 6) is -0.586. The fraction of sp³-hybridized carbons (Fsp3) is 0.375. The van der Waals surface area contributed by atoms with E-state index in [1.165, 1.54) is 0 Å². The number of hydrogen-bond donors (Lipinski definition) is 3. The molecule has 0 aliphatic carbocycles. The Hall–Kier alpha value is -3.39. The van der Waals surface area contributed by atoms with Crippen LogP contribution in [-0.4, -0.2) is 48.6 Å². The lowest BCUT2D eigenvalue weighted by Gasteiger charge is -2.17. The van der Waals surface area contributed by atoms with Crippen LogP contribution in [0.5, 0.6) is 5.75 Å². The van der Waals surface area contributed by atoms with Gasteiger partial charge in [-0.05, 0) is 62.2 Å². The summed E-state index contributed by atoms with van der Waals surface area (Å²) in [6.07, 6.45) is -0.509. The van der Waals surface area contributed by atoms with E-state index in [0.29, 0.717) is 11.4 Å². The van der Waals surface area contributed by atoms with Crippen LogP contribution in [0.2, 0.25) is 0 Å². The van der Waals surface area contributed by atoms with Crippen molar-refractivity contribution in [2.75, 3.05) is 29.9 Å². The molecule has 1 heterocycles. The van der Waals surface area contributed by atoms with Gasteiger partial charge in [-0.15, -0.1) is 0 Å². The number of rotatable bonds is 8. The second-order valence-corrected chi connectivity index (χ2v) is 8.08. The molecule has 0 bridgehead atoms. The maximum absolute atomic E-state index is 12.4. The highest BCUT2D eigenvalue weighted by Crippen LogP contribution is 2.27. The zero-order valence-electron chi connectivity index (χ0n) is 18.6. The Morgan fingerprint density at radius 3 is 2.59 bits per heavy atom. The van der Waals surface area contributed by atoms with Crippen LogP contribution in [0, 0.1) is 19.8 Å². The van der Waals surface area contributed by atoms with Gasteiger partial charge >= 0.3 is 0 Å². The normalized spacial score (nSPS) is 16.6. The molecular formula is C24H29N3O5. The molecule has 8 heteroatoms. The Kier molecular flexibility index (Phi) is 7.48. The van der Waals surface area contributed by atoms with Gasteiger partial charge in [0.2, 0.25) is 11.8 Å². The topological polar surface area (TPSA) is 108 Å². The quantitative estimate of drug-likeness (QED) is 0.584. The number of nitrogens with one attached hydrogen (secondary N) is 2. The molecule has 1 aliphatic rings. The van der Waals surface area contributed by atoms with Crippen LogP contribution >= 0.6 is 0 Å². The zero-order valence-corrected chi connectivity index (χ0v) is 18.6. The number of hydrogen-bond acceptors (Lipinski definition) is 5. The van der Waals surface area contributed by atoms with Gasteiger partial charge in [0, 0.05) is 30.9 Å². The Balaban J connectivity index is 1.52. The Morgan fingerprint density at radius 1 is 1.19 bits per heavy atom. The summed E-state index contributed by atoms with van der Waals surface area (Å²) < 4.78 is 5.57. The van der Waals surface area contributed by atoms with Crippen molar-refractivity contribution >= 4 is 29.1 Å². The predicted molar refractivity (Wildman–Crippen MR) is 122 cm³/mol. The molecule has 0 saturated carbocycles. The number of aliphatic hydroxyl groups is 1. The van der Waals surface area contributed by atoms with Crippen molar-refractivity contribution in [3.05, 3.63) is 53.6 Å². The summed E-state index contributed by atoms with van der Waals surface area (Å²) >= 11 is 0. The van der Waals surface area contributed by atoms with E-state index in [9.17, 15) is 19.5 Å². The van der Waals surface area contributed by atoms with Crippen molar-refractivity contribution in [1.82, 2.24) is 5.32 Å². The molecule has 1 fully saturated rings. The number of anilines is 2. The smallest absolute Gasteiger partial charge is 0.262 e. The van der Waals surface area contributed by atoms with E-state index >= 15 is 0 Å². The van der Waals surface area contributed by atoms with Crippen LogP contribution < -0.4 is 20.3 Å². The number of carbonyl (C=O) groups excluding carboxylic acids is 3. The monoisotopic (exact) mass is 439 g/mol. The van der Waals surface area contributed by atoms with E-state index in [0.717, 1.165) is 16.8 Å². The Bertz CT molecular complexity index is 988. The number of aliphatic hydroxyl groups excluding tert-OH is 1. The SMILES string of the molecule is Cc1cccc(NC(=O)COc2ccc(N3C[C@H](C(=O)NC[C@@H](C)O)CC3=O)cc2)c1C. The van der Waals surface area contributed by atoms with E-state index in [4.69, 9.17) is 4.74 Å². The molecule has 3 amide bonds. The van der Waals surface area contributed by atoms with E-state index in [1.807, 2.05) is 32.0 Å². The van der Waals surface area contributed by atoms with Crippen molar-refractivity contribution in [2.24, 2.45) is 5.92 Å². The van der Waals surface area contributed by atoms with Crippen LogP contribution in [0.25, 0.3) is 0 Å². The fourth-order valence-corrected chi connectivity index (χ4v) is 3.47. The molecule has 0 aromatic heterocycles. The number of carbonyl (C=O) groups is 3. The standard InChI is InChI=1S/C24H29N3O5/c1-15-5-4-6-21(17(15)3)26-22(29)14-32-20-9-7-19(8-10-20)27-13-18(11-23(27)30)24(31)25-12-16(2)28/h4-10,16,18,28H,11-14H2,1-3H3,(H,25,31)(H,26,29)/t16-,18-/m1/s1. The molecule has 1 aliphatic heterocycles. The van der Waals surface area contributed by atoms with E-state index in [-0.39, 0.29) is 43.8 Å². The number of ether oxygens (including phenoxy) is 1. The summed E-state index contributed by atoms with van der Waals surface area (Å²) in [6.45, 7) is 5.82. The molecule has 0 radical (unpaired) electrons. The number of benzene rings is 2. The Morgan fingerprint density at radius 2 is 1.91 bits per heavy atom. The lowest BCUT2D eigenvalue weighted by Crippen LogP contribution is -2.36. The maximum atomic E-state index is 12.4. The average Bonchev–Trinajstić information content (AvgIpc) is 3.16. The highest BCUT2D eigenvalue weighted by molar-refractivity contribution is 6.00. The molecule has 3 N–H and O–H groups in total. The van der Waals surface area contributed by atoms with Gasteiger partial charge in [-0.3, -0.25) is 14.4 Å². The lowest BCUT2D eigenvalue weighted by molar-refractivity contribution is -0.126. The highest BCUT2D eigenvalue weighted by Gasteiger charge is 2.35. The summed E-state index contributed by atoms with van der Waals surface area (Å²) in [5, 5.41) is 14.8. The Labute approximate surface area is 187 Å². The van der Waals surface area contributed by atoms with Gasteiger partial charge in [-0.2, -0.15) is 0 Å². The predicted octanol–water partition coefficient (Wildman–Crippen LogP) is 2.17. The van der Waals surface area contributed by atoms with Crippen LogP contribution in [-0.2, 0) is 14.4 Å². The van der Waals surface area contributed by atoms with Crippen LogP contribution in [0.1, 0.15) is 24.5 Å². The second kappa shape index (κ2) is 10.3. The first-order valence-electron chi connectivity index (χ1n) is 10.6. The number of nitrogens with zero attached hydrogens (tertiary/aromatic N) is 1. The van der Waals surface area contributed by atoms with Gasteiger partial charge in [0.15, 0.2) is 6.61 Å². The third-order valence-electron chi connectivity index (χ3n) is 5.46. The van der Waals surface area contributed by atoms with Crippen LogP contribution in [0.15, 0.2) is 42.5 Å². The van der Waals surface area contributed by atoms with E-state index in [1.54, 1.807) is 36.1 Å². The molecular weight excluding hydrogens is 410 g/mol. The highest BCUT2D eigenvalue weighted by atomic mass is 16.5. The minimum atomic E-state index is -0.636. The third kappa shape index (κ3) is 5.85. The van der Waals surface area contributed by atoms with Gasteiger partial charge in [0.1, 0.15) is 5.75 Å². The molecule has 3 rings (SSSR count). The van der Waals surface area contributed by atoms with Crippen molar-refractivity contribution in [3.8, 4) is 5.75 Å². The van der Waals surface area contributed by atoms with Gasteiger partial charge in [0.25, 0.3) is 5.91 Å². The summed E-state index contributed by atoms with van der Waals surface area (Å²) in [4.78, 5) is 38.3. The van der Waals surface area contributed by atoms with Gasteiger partial charge < -0.3 is 25.4 Å². The molecule has 2 aromatic rings.